The van der Waals surface area contributed by atoms with Crippen LogP contribution >= 0.6 is 0 Å². The minimum absolute atomic E-state index is 0.278. The van der Waals surface area contributed by atoms with Crippen molar-refractivity contribution in [3.63, 3.8) is 0 Å². The molecule has 0 aliphatic carbocycles. The number of ether oxygens (including phenoxy) is 1. The molecule has 27 heavy (non-hydrogen) atoms. The summed E-state index contributed by atoms with van der Waals surface area (Å²) in [5.41, 5.74) is 1.21. The highest BCUT2D eigenvalue weighted by molar-refractivity contribution is 5.86. The van der Waals surface area contributed by atoms with E-state index >= 15 is 0 Å². The second-order valence-electron chi connectivity index (χ2n) is 8.14. The molecule has 146 valence electrons. The predicted octanol–water partition coefficient (Wildman–Crippen LogP) is 3.42. The third kappa shape index (κ3) is 3.98. The van der Waals surface area contributed by atoms with E-state index < -0.39 is 0 Å². The van der Waals surface area contributed by atoms with E-state index in [1.54, 1.807) is 0 Å². The Labute approximate surface area is 161 Å². The molecule has 5 nitrogen and oxygen atoms in total. The maximum atomic E-state index is 12.1. The van der Waals surface area contributed by atoms with Gasteiger partial charge in [-0.3, -0.25) is 4.79 Å². The third-order valence-corrected chi connectivity index (χ3v) is 6.30. The fourth-order valence-electron chi connectivity index (χ4n) is 4.51. The van der Waals surface area contributed by atoms with Crippen molar-refractivity contribution >= 4 is 16.8 Å². The van der Waals surface area contributed by atoms with Gasteiger partial charge in [0.2, 0.25) is 5.91 Å². The zero-order chi connectivity index (χ0) is 18.8. The number of hydrogen-bond donors (Lipinski definition) is 0. The van der Waals surface area contributed by atoms with Crippen LogP contribution in [0.15, 0.2) is 30.5 Å². The summed E-state index contributed by atoms with van der Waals surface area (Å²) < 4.78 is 8.51. The van der Waals surface area contributed by atoms with Crippen molar-refractivity contribution in [2.24, 2.45) is 7.05 Å². The Hall–Kier alpha value is -2.01. The van der Waals surface area contributed by atoms with E-state index in [2.05, 4.69) is 47.0 Å². The van der Waals surface area contributed by atoms with Crippen molar-refractivity contribution in [1.29, 1.82) is 0 Å². The van der Waals surface area contributed by atoms with E-state index in [9.17, 15) is 4.79 Å². The molecule has 3 heterocycles. The van der Waals surface area contributed by atoms with Gasteiger partial charge in [-0.25, -0.2) is 0 Å². The van der Waals surface area contributed by atoms with E-state index in [4.69, 9.17) is 4.74 Å². The Morgan fingerprint density at radius 2 is 1.89 bits per heavy atom. The van der Waals surface area contributed by atoms with E-state index in [0.29, 0.717) is 18.4 Å². The molecule has 2 saturated heterocycles. The minimum atomic E-state index is 0.278. The third-order valence-electron chi connectivity index (χ3n) is 6.30. The number of aryl methyl sites for hydroxylation is 1. The van der Waals surface area contributed by atoms with Gasteiger partial charge >= 0.3 is 0 Å². The first kappa shape index (κ1) is 18.4. The van der Waals surface area contributed by atoms with Gasteiger partial charge in [0.15, 0.2) is 0 Å². The Kier molecular flexibility index (Phi) is 5.39. The van der Waals surface area contributed by atoms with Crippen LogP contribution in [-0.2, 0) is 11.8 Å². The summed E-state index contributed by atoms with van der Waals surface area (Å²) in [7, 11) is 4.05. The van der Waals surface area contributed by atoms with Crippen molar-refractivity contribution in [3.05, 3.63) is 30.5 Å². The van der Waals surface area contributed by atoms with Gasteiger partial charge in [-0.2, -0.15) is 0 Å². The highest BCUT2D eigenvalue weighted by Gasteiger charge is 2.27. The number of rotatable bonds is 4. The summed E-state index contributed by atoms with van der Waals surface area (Å²) >= 11 is 0. The molecule has 5 heteroatoms. The molecule has 2 aliphatic heterocycles. The highest BCUT2D eigenvalue weighted by atomic mass is 16.5. The van der Waals surface area contributed by atoms with Crippen LogP contribution < -0.4 is 4.74 Å². The topological polar surface area (TPSA) is 37.7 Å². The molecule has 1 unspecified atom stereocenters. The lowest BCUT2D eigenvalue weighted by molar-refractivity contribution is -0.131. The van der Waals surface area contributed by atoms with E-state index in [-0.39, 0.29) is 6.10 Å². The number of likely N-dealkylation sites (N-methyl/N-ethyl adjacent to an activating group) is 1. The maximum Gasteiger partial charge on any atom is 0.222 e. The highest BCUT2D eigenvalue weighted by Crippen LogP contribution is 2.29. The van der Waals surface area contributed by atoms with Gasteiger partial charge in [0.25, 0.3) is 0 Å². The van der Waals surface area contributed by atoms with E-state index in [1.807, 2.05) is 11.9 Å². The quantitative estimate of drug-likeness (QED) is 0.829. The van der Waals surface area contributed by atoms with Crippen LogP contribution in [0.25, 0.3) is 10.9 Å². The minimum Gasteiger partial charge on any atom is -0.490 e. The zero-order valence-electron chi connectivity index (χ0n) is 16.6. The van der Waals surface area contributed by atoms with E-state index in [0.717, 1.165) is 51.1 Å². The van der Waals surface area contributed by atoms with Crippen molar-refractivity contribution in [2.75, 3.05) is 26.7 Å². The molecule has 0 bridgehead atoms. The van der Waals surface area contributed by atoms with Crippen LogP contribution in [0.4, 0.5) is 0 Å². The lowest BCUT2D eigenvalue weighted by Gasteiger charge is -2.36. The van der Waals surface area contributed by atoms with Gasteiger partial charge in [0.05, 0.1) is 5.52 Å². The number of fused-ring (bicyclic) bond motifs is 1. The number of nitrogens with zero attached hydrogens (tertiary/aromatic N) is 3. The standard InChI is InChI=1S/C22H31N3O2/c1-23-13-12-19-20(23)7-5-8-21(19)27-18-10-14-25(15-11-18)16-17-6-3-4-9-22(26)24(17)2/h5,7-8,12-13,17-18H,3-4,6,9-11,14-16H2,1-2H3. The SMILES string of the molecule is CN1C(=O)CCCCC1CN1CCC(Oc2cccc3c2ccn3C)CC1. The fourth-order valence-corrected chi connectivity index (χ4v) is 4.51. The summed E-state index contributed by atoms with van der Waals surface area (Å²) in [6.07, 6.45) is 8.52. The average molecular weight is 370 g/mol. The van der Waals surface area contributed by atoms with Crippen molar-refractivity contribution in [2.45, 2.75) is 50.7 Å². The van der Waals surface area contributed by atoms with Crippen molar-refractivity contribution < 1.29 is 9.53 Å². The number of benzene rings is 1. The van der Waals surface area contributed by atoms with Crippen LogP contribution in [0.2, 0.25) is 0 Å². The summed E-state index contributed by atoms with van der Waals surface area (Å²) in [5.74, 6) is 1.31. The molecule has 1 aromatic carbocycles. The monoisotopic (exact) mass is 369 g/mol. The lowest BCUT2D eigenvalue weighted by atomic mass is 10.0. The first-order chi connectivity index (χ1) is 13.1. The molecule has 0 radical (unpaired) electrons. The molecule has 1 amide bonds. The van der Waals surface area contributed by atoms with Crippen molar-refractivity contribution in [3.8, 4) is 5.75 Å². The molecule has 1 aromatic heterocycles. The summed E-state index contributed by atoms with van der Waals surface area (Å²) in [6, 6.07) is 8.80. The predicted molar refractivity (Wildman–Crippen MR) is 108 cm³/mol. The molecule has 2 fully saturated rings. The number of amides is 1. The molecule has 4 rings (SSSR count). The van der Waals surface area contributed by atoms with Gasteiger partial charge in [-0.1, -0.05) is 12.5 Å². The molecule has 0 saturated carbocycles. The normalized spacial score (nSPS) is 23.0. The van der Waals surface area contributed by atoms with Crippen LogP contribution in [0, 0.1) is 0 Å². The second-order valence-corrected chi connectivity index (χ2v) is 8.14. The van der Waals surface area contributed by atoms with Gasteiger partial charge in [-0.05, 0) is 43.9 Å². The van der Waals surface area contributed by atoms with Crippen LogP contribution in [-0.4, -0.2) is 59.1 Å². The van der Waals surface area contributed by atoms with Gasteiger partial charge in [0, 0.05) is 57.8 Å². The van der Waals surface area contributed by atoms with Crippen LogP contribution in [0.3, 0.4) is 0 Å². The largest absolute Gasteiger partial charge is 0.490 e. The Morgan fingerprint density at radius 3 is 2.70 bits per heavy atom. The first-order valence-corrected chi connectivity index (χ1v) is 10.3. The number of carbonyl (C=O) groups is 1. The zero-order valence-corrected chi connectivity index (χ0v) is 16.6. The van der Waals surface area contributed by atoms with Gasteiger partial charge in [0.1, 0.15) is 11.9 Å². The van der Waals surface area contributed by atoms with Gasteiger partial charge < -0.3 is 19.1 Å². The molecule has 2 aromatic rings. The molecule has 0 spiro atoms. The molecular formula is C22H31N3O2. The average Bonchev–Trinajstić information content (AvgIpc) is 2.99. The molecular weight excluding hydrogens is 338 g/mol. The van der Waals surface area contributed by atoms with E-state index in [1.165, 1.54) is 17.3 Å². The summed E-state index contributed by atoms with van der Waals surface area (Å²) in [6.45, 7) is 3.10. The summed E-state index contributed by atoms with van der Waals surface area (Å²) in [4.78, 5) is 16.6. The number of likely N-dealkylation sites (tertiary alicyclic amines) is 2. The van der Waals surface area contributed by atoms with Crippen LogP contribution in [0.1, 0.15) is 38.5 Å². The molecule has 1 atom stereocenters. The number of aromatic nitrogens is 1. The molecule has 2 aliphatic rings. The summed E-state index contributed by atoms with van der Waals surface area (Å²) in [5, 5.41) is 1.20. The Morgan fingerprint density at radius 1 is 1.07 bits per heavy atom. The number of piperidine rings is 1. The number of carbonyl (C=O) groups excluding carboxylic acids is 1. The first-order valence-electron chi connectivity index (χ1n) is 10.3. The Bertz CT molecular complexity index is 792. The molecule has 0 N–H and O–H groups in total. The number of hydrogen-bond acceptors (Lipinski definition) is 3. The smallest absolute Gasteiger partial charge is 0.222 e. The van der Waals surface area contributed by atoms with Crippen LogP contribution in [0.5, 0.6) is 5.75 Å². The second kappa shape index (κ2) is 7.93. The lowest BCUT2D eigenvalue weighted by Crippen LogP contribution is -2.47. The van der Waals surface area contributed by atoms with Gasteiger partial charge in [-0.15, -0.1) is 0 Å². The fraction of sp³-hybridized carbons (Fsp3) is 0.591. The Balaban J connectivity index is 1.33. The maximum absolute atomic E-state index is 12.1. The van der Waals surface area contributed by atoms with Crippen molar-refractivity contribution in [1.82, 2.24) is 14.4 Å².